The van der Waals surface area contributed by atoms with E-state index in [2.05, 4.69) is 0 Å². The molecule has 3 N–H and O–H groups in total. The quantitative estimate of drug-likeness (QED) is 0.774. The average molecular weight is 261 g/mol. The molecule has 0 aliphatic heterocycles. The fraction of sp³-hybridized carbons (Fsp3) is 0.500. The second kappa shape index (κ2) is 7.25. The van der Waals surface area contributed by atoms with Crippen molar-refractivity contribution in [1.82, 2.24) is 0 Å². The minimum Gasteiger partial charge on any atom is -0.485 e. The Labute approximate surface area is 104 Å². The van der Waals surface area contributed by atoms with Gasteiger partial charge in [0, 0.05) is 13.2 Å². The number of ether oxygens (including phenoxy) is 2. The van der Waals surface area contributed by atoms with Crippen LogP contribution in [-0.2, 0) is 11.3 Å². The molecule has 0 saturated carbocycles. The molecule has 0 aliphatic rings. The molecule has 0 heterocycles. The zero-order valence-corrected chi connectivity index (χ0v) is 10.2. The van der Waals surface area contributed by atoms with Crippen molar-refractivity contribution in [3.05, 3.63) is 29.3 Å². The van der Waals surface area contributed by atoms with E-state index in [1.165, 1.54) is 0 Å². The third-order valence-corrected chi connectivity index (χ3v) is 2.23. The van der Waals surface area contributed by atoms with Crippen LogP contribution in [0.25, 0.3) is 0 Å². The van der Waals surface area contributed by atoms with Gasteiger partial charge in [-0.25, -0.2) is 8.78 Å². The van der Waals surface area contributed by atoms with Gasteiger partial charge < -0.3 is 20.3 Å². The van der Waals surface area contributed by atoms with E-state index >= 15 is 0 Å². The topological polar surface area (TPSA) is 64.7 Å². The number of halogens is 2. The van der Waals surface area contributed by atoms with Gasteiger partial charge in [-0.1, -0.05) is 0 Å². The van der Waals surface area contributed by atoms with Gasteiger partial charge in [-0.2, -0.15) is 0 Å². The summed E-state index contributed by atoms with van der Waals surface area (Å²) in [5.41, 5.74) is 5.62. The van der Waals surface area contributed by atoms with E-state index in [4.69, 9.17) is 15.2 Å². The molecule has 0 bridgehead atoms. The van der Waals surface area contributed by atoms with Crippen LogP contribution in [0.5, 0.6) is 5.75 Å². The van der Waals surface area contributed by atoms with E-state index in [0.717, 1.165) is 12.1 Å². The predicted octanol–water partition coefficient (Wildman–Crippen LogP) is 1.20. The monoisotopic (exact) mass is 261 g/mol. The van der Waals surface area contributed by atoms with Gasteiger partial charge in [0.05, 0.1) is 6.61 Å². The molecule has 0 aromatic heterocycles. The maximum absolute atomic E-state index is 13.5. The van der Waals surface area contributed by atoms with E-state index < -0.39 is 23.5 Å². The number of hydrogen-bond donors (Lipinski definition) is 2. The number of hydrogen-bond acceptors (Lipinski definition) is 4. The normalized spacial score (nSPS) is 12.5. The van der Waals surface area contributed by atoms with Crippen LogP contribution in [0.1, 0.15) is 12.5 Å². The first-order valence-corrected chi connectivity index (χ1v) is 5.65. The van der Waals surface area contributed by atoms with E-state index in [0.29, 0.717) is 12.2 Å². The standard InChI is InChI=1S/C12H17F2NO3/c1-2-17-6-9(16)7-18-12-10(13)3-8(5-15)4-11(12)14/h3-4,9,16H,2,5-7,15H2,1H3. The lowest BCUT2D eigenvalue weighted by molar-refractivity contribution is 0.0148. The maximum Gasteiger partial charge on any atom is 0.190 e. The largest absolute Gasteiger partial charge is 0.485 e. The summed E-state index contributed by atoms with van der Waals surface area (Å²) >= 11 is 0. The van der Waals surface area contributed by atoms with Crippen LogP contribution in [-0.4, -0.2) is 31.0 Å². The van der Waals surface area contributed by atoms with Crippen molar-refractivity contribution in [2.45, 2.75) is 19.6 Å². The van der Waals surface area contributed by atoms with Crippen molar-refractivity contribution < 1.29 is 23.4 Å². The molecular weight excluding hydrogens is 244 g/mol. The molecule has 6 heteroatoms. The van der Waals surface area contributed by atoms with Gasteiger partial charge in [0.2, 0.25) is 0 Å². The van der Waals surface area contributed by atoms with Crippen LogP contribution in [0.4, 0.5) is 8.78 Å². The van der Waals surface area contributed by atoms with Gasteiger partial charge in [0.15, 0.2) is 17.4 Å². The van der Waals surface area contributed by atoms with Gasteiger partial charge in [0.1, 0.15) is 12.7 Å². The van der Waals surface area contributed by atoms with Gasteiger partial charge in [0.25, 0.3) is 0 Å². The van der Waals surface area contributed by atoms with Crippen molar-refractivity contribution in [2.75, 3.05) is 19.8 Å². The first-order valence-electron chi connectivity index (χ1n) is 5.65. The van der Waals surface area contributed by atoms with Gasteiger partial charge >= 0.3 is 0 Å². The van der Waals surface area contributed by atoms with Crippen LogP contribution in [0, 0.1) is 11.6 Å². The Morgan fingerprint density at radius 3 is 2.39 bits per heavy atom. The highest BCUT2D eigenvalue weighted by Gasteiger charge is 2.14. The number of aliphatic hydroxyl groups excluding tert-OH is 1. The van der Waals surface area contributed by atoms with Gasteiger partial charge in [-0.05, 0) is 24.6 Å². The highest BCUT2D eigenvalue weighted by atomic mass is 19.1. The Morgan fingerprint density at radius 2 is 1.89 bits per heavy atom. The first-order chi connectivity index (χ1) is 8.58. The van der Waals surface area contributed by atoms with E-state index in [1.807, 2.05) is 0 Å². The van der Waals surface area contributed by atoms with E-state index in [-0.39, 0.29) is 19.8 Å². The van der Waals surface area contributed by atoms with Crippen LogP contribution in [0.15, 0.2) is 12.1 Å². The number of benzene rings is 1. The summed E-state index contributed by atoms with van der Waals surface area (Å²) in [7, 11) is 0. The summed E-state index contributed by atoms with van der Waals surface area (Å²) in [6, 6.07) is 2.21. The highest BCUT2D eigenvalue weighted by molar-refractivity contribution is 5.31. The summed E-state index contributed by atoms with van der Waals surface area (Å²) in [5.74, 6) is -2.18. The number of nitrogens with two attached hydrogens (primary N) is 1. The predicted molar refractivity (Wildman–Crippen MR) is 62.2 cm³/mol. The minimum atomic E-state index is -0.932. The van der Waals surface area contributed by atoms with Crippen molar-refractivity contribution in [3.63, 3.8) is 0 Å². The lowest BCUT2D eigenvalue weighted by Gasteiger charge is -2.13. The third-order valence-electron chi connectivity index (χ3n) is 2.23. The molecule has 1 unspecified atom stereocenters. The van der Waals surface area contributed by atoms with Crippen molar-refractivity contribution in [2.24, 2.45) is 5.73 Å². The Kier molecular flexibility index (Phi) is 5.97. The smallest absolute Gasteiger partial charge is 0.190 e. The first kappa shape index (κ1) is 14.8. The molecule has 0 fully saturated rings. The molecular formula is C12H17F2NO3. The lowest BCUT2D eigenvalue weighted by Crippen LogP contribution is -2.24. The van der Waals surface area contributed by atoms with Crippen LogP contribution < -0.4 is 10.5 Å². The van der Waals surface area contributed by atoms with Crippen molar-refractivity contribution >= 4 is 0 Å². The van der Waals surface area contributed by atoms with Crippen LogP contribution in [0.2, 0.25) is 0 Å². The van der Waals surface area contributed by atoms with Gasteiger partial charge in [-0.3, -0.25) is 0 Å². The molecule has 0 radical (unpaired) electrons. The molecule has 0 amide bonds. The molecule has 0 spiro atoms. The molecule has 18 heavy (non-hydrogen) atoms. The van der Waals surface area contributed by atoms with E-state index in [1.54, 1.807) is 6.92 Å². The maximum atomic E-state index is 13.5. The zero-order valence-electron chi connectivity index (χ0n) is 10.2. The molecule has 102 valence electrons. The summed E-state index contributed by atoms with van der Waals surface area (Å²) in [6.45, 7) is 2.08. The van der Waals surface area contributed by atoms with Crippen molar-refractivity contribution in [1.29, 1.82) is 0 Å². The average Bonchev–Trinajstić information content (AvgIpc) is 2.34. The summed E-state index contributed by atoms with van der Waals surface area (Å²) < 4.78 is 36.8. The Bertz CT molecular complexity index is 365. The Hall–Kier alpha value is -1.24. The van der Waals surface area contributed by atoms with Crippen LogP contribution >= 0.6 is 0 Å². The minimum absolute atomic E-state index is 0.0427. The molecule has 1 aromatic rings. The summed E-state index contributed by atoms with van der Waals surface area (Å²) in [6.07, 6.45) is -0.932. The summed E-state index contributed by atoms with van der Waals surface area (Å²) in [5, 5.41) is 9.41. The lowest BCUT2D eigenvalue weighted by atomic mass is 10.2. The van der Waals surface area contributed by atoms with Crippen molar-refractivity contribution in [3.8, 4) is 5.75 Å². The number of rotatable bonds is 7. The van der Waals surface area contributed by atoms with E-state index in [9.17, 15) is 13.9 Å². The number of aliphatic hydroxyl groups is 1. The Balaban J connectivity index is 2.62. The zero-order chi connectivity index (χ0) is 13.5. The second-order valence-electron chi connectivity index (χ2n) is 3.72. The molecule has 1 aromatic carbocycles. The highest BCUT2D eigenvalue weighted by Crippen LogP contribution is 2.23. The fourth-order valence-electron chi connectivity index (χ4n) is 1.35. The third kappa shape index (κ3) is 4.21. The Morgan fingerprint density at radius 1 is 1.28 bits per heavy atom. The fourth-order valence-corrected chi connectivity index (χ4v) is 1.35. The molecule has 4 nitrogen and oxygen atoms in total. The molecule has 0 saturated heterocycles. The molecule has 0 aliphatic carbocycles. The second-order valence-corrected chi connectivity index (χ2v) is 3.72. The SMILES string of the molecule is CCOCC(O)COc1c(F)cc(CN)cc1F. The molecule has 1 rings (SSSR count). The van der Waals surface area contributed by atoms with Crippen LogP contribution in [0.3, 0.4) is 0 Å². The summed E-state index contributed by atoms with van der Waals surface area (Å²) in [4.78, 5) is 0. The van der Waals surface area contributed by atoms with Gasteiger partial charge in [-0.15, -0.1) is 0 Å². The molecule has 1 atom stereocenters.